The lowest BCUT2D eigenvalue weighted by atomic mass is 9.64. The van der Waals surface area contributed by atoms with Gasteiger partial charge in [0.05, 0.1) is 17.8 Å². The number of carbonyl (C=O) groups is 4. The Balaban J connectivity index is 1.65. The average molecular weight is 495 g/mol. The molecule has 6 rings (SSSR count). The van der Waals surface area contributed by atoms with E-state index in [1.807, 2.05) is 11.0 Å². The van der Waals surface area contributed by atoms with Gasteiger partial charge >= 0.3 is 0 Å². The lowest BCUT2D eigenvalue weighted by molar-refractivity contribution is -0.118. The van der Waals surface area contributed by atoms with Crippen LogP contribution in [0.25, 0.3) is 6.08 Å². The van der Waals surface area contributed by atoms with Crippen LogP contribution in [0.1, 0.15) is 51.6 Å². The van der Waals surface area contributed by atoms with Crippen molar-refractivity contribution in [2.75, 3.05) is 10.2 Å². The minimum absolute atomic E-state index is 0.223. The summed E-state index contributed by atoms with van der Waals surface area (Å²) < 4.78 is 14.0. The Hall–Kier alpha value is -4.39. The summed E-state index contributed by atoms with van der Waals surface area (Å²) >= 11 is 0. The number of nitrogens with zero attached hydrogens (tertiary/aromatic N) is 1. The highest BCUT2D eigenvalue weighted by Gasteiger charge is 2.71. The maximum absolute atomic E-state index is 14.3. The van der Waals surface area contributed by atoms with E-state index in [9.17, 15) is 23.6 Å². The SMILES string of the molecule is CC(=O)Nc1cccc2c1C=C[C@@H]1N2[C@@H](C(C)=O)[C@@H](c2ccc(F)cc2)C12C(=O)c1ccccc1C2=O. The van der Waals surface area contributed by atoms with Crippen molar-refractivity contribution in [1.82, 2.24) is 0 Å². The molecule has 3 aromatic carbocycles. The highest BCUT2D eigenvalue weighted by molar-refractivity contribution is 6.32. The van der Waals surface area contributed by atoms with Crippen molar-refractivity contribution in [3.63, 3.8) is 0 Å². The monoisotopic (exact) mass is 494 g/mol. The van der Waals surface area contributed by atoms with Crippen molar-refractivity contribution in [2.45, 2.75) is 31.8 Å². The van der Waals surface area contributed by atoms with Crippen molar-refractivity contribution >= 4 is 40.7 Å². The lowest BCUT2D eigenvalue weighted by Crippen LogP contribution is -2.48. The third kappa shape index (κ3) is 3.03. The molecule has 1 N–H and O–H groups in total. The highest BCUT2D eigenvalue weighted by Crippen LogP contribution is 2.61. The smallest absolute Gasteiger partial charge is 0.221 e. The van der Waals surface area contributed by atoms with Crippen molar-refractivity contribution < 1.29 is 23.6 Å². The number of benzene rings is 3. The van der Waals surface area contributed by atoms with E-state index in [1.54, 1.807) is 60.7 Å². The van der Waals surface area contributed by atoms with Crippen LogP contribution in [0.15, 0.2) is 72.8 Å². The van der Waals surface area contributed by atoms with Crippen LogP contribution in [-0.2, 0) is 9.59 Å². The van der Waals surface area contributed by atoms with Gasteiger partial charge in [0.2, 0.25) is 5.91 Å². The molecule has 1 amide bonds. The zero-order valence-corrected chi connectivity index (χ0v) is 20.2. The molecule has 1 aliphatic carbocycles. The second-order valence-electron chi connectivity index (χ2n) is 9.79. The summed E-state index contributed by atoms with van der Waals surface area (Å²) in [5, 5.41) is 2.82. The van der Waals surface area contributed by atoms with Crippen LogP contribution in [0.5, 0.6) is 0 Å². The first-order chi connectivity index (χ1) is 17.8. The van der Waals surface area contributed by atoms with Crippen LogP contribution >= 0.6 is 0 Å². The Kier molecular flexibility index (Phi) is 5.02. The molecule has 3 atom stereocenters. The Bertz CT molecular complexity index is 1510. The molecule has 0 aromatic heterocycles. The molecule has 0 radical (unpaired) electrons. The predicted molar refractivity (Wildman–Crippen MR) is 137 cm³/mol. The summed E-state index contributed by atoms with van der Waals surface area (Å²) in [6, 6.07) is 16.1. The summed E-state index contributed by atoms with van der Waals surface area (Å²) in [7, 11) is 0. The molecule has 2 aliphatic heterocycles. The third-order valence-electron chi connectivity index (χ3n) is 7.80. The minimum Gasteiger partial charge on any atom is -0.352 e. The molecule has 6 nitrogen and oxygen atoms in total. The number of ketones is 3. The number of nitrogens with one attached hydrogen (secondary N) is 1. The first-order valence-corrected chi connectivity index (χ1v) is 12.1. The Morgan fingerprint density at radius 2 is 1.54 bits per heavy atom. The zero-order chi connectivity index (χ0) is 26.1. The number of amides is 1. The quantitative estimate of drug-likeness (QED) is 0.529. The fourth-order valence-electron chi connectivity index (χ4n) is 6.49. The molecule has 7 heteroatoms. The normalized spacial score (nSPS) is 22.6. The van der Waals surface area contributed by atoms with E-state index in [0.29, 0.717) is 33.6 Å². The van der Waals surface area contributed by atoms with E-state index in [2.05, 4.69) is 5.32 Å². The van der Waals surface area contributed by atoms with Crippen LogP contribution in [0.3, 0.4) is 0 Å². The third-order valence-corrected chi connectivity index (χ3v) is 7.80. The van der Waals surface area contributed by atoms with Crippen molar-refractivity contribution in [1.29, 1.82) is 0 Å². The van der Waals surface area contributed by atoms with E-state index in [-0.39, 0.29) is 23.3 Å². The van der Waals surface area contributed by atoms with Gasteiger partial charge in [-0.15, -0.1) is 0 Å². The highest BCUT2D eigenvalue weighted by atomic mass is 19.1. The van der Waals surface area contributed by atoms with Crippen LogP contribution < -0.4 is 10.2 Å². The molecule has 3 aliphatic rings. The standard InChI is InChI=1S/C30H23FN2O4/c1-16(34)27-26(18-10-12-19(31)13-11-18)30(28(36)20-6-3-4-7-21(20)29(30)37)25-15-14-22-23(32-17(2)35)8-5-9-24(22)33(25)27/h3-15,25-27H,1-2H3,(H,32,35)/t25-,26+,27-/m0/s1. The molecule has 0 bridgehead atoms. The van der Waals surface area contributed by atoms with Gasteiger partial charge in [0.15, 0.2) is 17.3 Å². The van der Waals surface area contributed by atoms with E-state index < -0.39 is 29.2 Å². The van der Waals surface area contributed by atoms with Gasteiger partial charge in [-0.2, -0.15) is 0 Å². The number of Topliss-reactive ketones (excluding diaryl/α,β-unsaturated/α-hetero) is 3. The summed E-state index contributed by atoms with van der Waals surface area (Å²) in [6.45, 7) is 2.86. The average Bonchev–Trinajstić information content (AvgIpc) is 3.31. The van der Waals surface area contributed by atoms with Gasteiger partial charge in [-0.3, -0.25) is 19.2 Å². The summed E-state index contributed by atoms with van der Waals surface area (Å²) in [6.07, 6.45) is 3.59. The largest absolute Gasteiger partial charge is 0.352 e. The van der Waals surface area contributed by atoms with Gasteiger partial charge in [-0.05, 0) is 36.8 Å². The van der Waals surface area contributed by atoms with Gasteiger partial charge < -0.3 is 10.2 Å². The number of fused-ring (bicyclic) bond motifs is 5. The van der Waals surface area contributed by atoms with Crippen LogP contribution in [-0.4, -0.2) is 35.3 Å². The van der Waals surface area contributed by atoms with E-state index in [4.69, 9.17) is 0 Å². The molecule has 2 heterocycles. The first kappa shape index (κ1) is 23.0. The summed E-state index contributed by atoms with van der Waals surface area (Å²) in [5.74, 6) is -2.46. The van der Waals surface area contributed by atoms with Crippen molar-refractivity contribution in [3.05, 3.63) is 101 Å². The second kappa shape index (κ2) is 8.06. The summed E-state index contributed by atoms with van der Waals surface area (Å²) in [5.41, 5.74) is 1.47. The second-order valence-corrected chi connectivity index (χ2v) is 9.79. The fraction of sp³-hybridized carbons (Fsp3) is 0.200. The zero-order valence-electron chi connectivity index (χ0n) is 20.2. The molecule has 0 unspecified atom stereocenters. The van der Waals surface area contributed by atoms with E-state index in [0.717, 1.165) is 0 Å². The van der Waals surface area contributed by atoms with Crippen LogP contribution in [0, 0.1) is 11.2 Å². The topological polar surface area (TPSA) is 83.6 Å². The van der Waals surface area contributed by atoms with Gasteiger partial charge in [0.25, 0.3) is 0 Å². The van der Waals surface area contributed by atoms with Crippen molar-refractivity contribution in [3.8, 4) is 0 Å². The number of rotatable bonds is 3. The predicted octanol–water partition coefficient (Wildman–Crippen LogP) is 4.81. The van der Waals surface area contributed by atoms with Crippen molar-refractivity contribution in [2.24, 2.45) is 5.41 Å². The molecule has 184 valence electrons. The Labute approximate surface area is 212 Å². The Morgan fingerprint density at radius 1 is 0.892 bits per heavy atom. The van der Waals surface area contributed by atoms with Gasteiger partial charge in [0.1, 0.15) is 11.2 Å². The van der Waals surface area contributed by atoms with E-state index >= 15 is 0 Å². The molecule has 1 saturated heterocycles. The van der Waals surface area contributed by atoms with E-state index in [1.165, 1.54) is 26.0 Å². The number of halogens is 1. The first-order valence-electron chi connectivity index (χ1n) is 12.1. The molecule has 3 aromatic rings. The Morgan fingerprint density at radius 3 is 2.14 bits per heavy atom. The van der Waals surface area contributed by atoms with Gasteiger partial charge in [0, 0.05) is 35.2 Å². The summed E-state index contributed by atoms with van der Waals surface area (Å²) in [4.78, 5) is 55.7. The fourth-order valence-corrected chi connectivity index (χ4v) is 6.49. The van der Waals surface area contributed by atoms with Gasteiger partial charge in [-0.1, -0.05) is 54.6 Å². The molecular formula is C30H23FN2O4. The lowest BCUT2D eigenvalue weighted by Gasteiger charge is -2.37. The van der Waals surface area contributed by atoms with Gasteiger partial charge in [-0.25, -0.2) is 4.39 Å². The number of hydrogen-bond donors (Lipinski definition) is 1. The molecule has 37 heavy (non-hydrogen) atoms. The minimum atomic E-state index is -1.62. The number of hydrogen-bond acceptors (Lipinski definition) is 5. The molecular weight excluding hydrogens is 471 g/mol. The van der Waals surface area contributed by atoms with Crippen LogP contribution in [0.4, 0.5) is 15.8 Å². The number of anilines is 2. The molecule has 0 saturated carbocycles. The molecule has 1 spiro atoms. The maximum atomic E-state index is 14.3. The molecule has 1 fully saturated rings. The number of carbonyl (C=O) groups excluding carboxylic acids is 4. The van der Waals surface area contributed by atoms with Crippen LogP contribution in [0.2, 0.25) is 0 Å². The maximum Gasteiger partial charge on any atom is 0.221 e.